The van der Waals surface area contributed by atoms with Gasteiger partial charge in [0.15, 0.2) is 0 Å². The van der Waals surface area contributed by atoms with Crippen LogP contribution >= 0.6 is 0 Å². The summed E-state index contributed by atoms with van der Waals surface area (Å²) in [5.41, 5.74) is 5.88. The molecule has 0 aromatic rings. The van der Waals surface area contributed by atoms with Gasteiger partial charge in [-0.25, -0.2) is 0 Å². The maximum atomic E-state index is 5.68. The fraction of sp³-hybridized carbons (Fsp3) is 0.818. The third-order valence-electron chi connectivity index (χ3n) is 2.13. The first kappa shape index (κ1) is 12.5. The molecular weight excluding hydrogens is 160 g/mol. The van der Waals surface area contributed by atoms with Crippen LogP contribution < -0.4 is 5.73 Å². The number of hydrogen-bond donors (Lipinski definition) is 1. The third-order valence-corrected chi connectivity index (χ3v) is 2.13. The van der Waals surface area contributed by atoms with Crippen LogP contribution in [0.5, 0.6) is 0 Å². The number of nitrogens with zero attached hydrogens (tertiary/aromatic N) is 1. The van der Waals surface area contributed by atoms with Crippen LogP contribution in [0.25, 0.3) is 0 Å². The van der Waals surface area contributed by atoms with Crippen LogP contribution in [0.3, 0.4) is 0 Å². The van der Waals surface area contributed by atoms with E-state index >= 15 is 0 Å². The highest BCUT2D eigenvalue weighted by Crippen LogP contribution is 2.14. The van der Waals surface area contributed by atoms with E-state index in [1.165, 1.54) is 0 Å². The maximum Gasteiger partial charge on any atom is 0.0601 e. The van der Waals surface area contributed by atoms with Crippen molar-refractivity contribution < 1.29 is 0 Å². The van der Waals surface area contributed by atoms with Crippen LogP contribution in [0.1, 0.15) is 27.7 Å². The normalized spacial score (nSPS) is 11.2. The van der Waals surface area contributed by atoms with Gasteiger partial charge in [0.1, 0.15) is 0 Å². The van der Waals surface area contributed by atoms with Crippen molar-refractivity contribution in [3.63, 3.8) is 0 Å². The molecule has 0 saturated heterocycles. The first-order valence-corrected chi connectivity index (χ1v) is 4.87. The molecule has 0 aromatic carbocycles. The van der Waals surface area contributed by atoms with E-state index in [2.05, 4.69) is 37.5 Å². The fourth-order valence-electron chi connectivity index (χ4n) is 1.14. The summed E-state index contributed by atoms with van der Waals surface area (Å²) in [7, 11) is 0. The van der Waals surface area contributed by atoms with Gasteiger partial charge in [-0.1, -0.05) is 26.7 Å². The Kier molecular flexibility index (Phi) is 5.77. The quantitative estimate of drug-likeness (QED) is 0.650. The lowest BCUT2D eigenvalue weighted by atomic mass is 9.93. The molecule has 0 heterocycles. The van der Waals surface area contributed by atoms with Gasteiger partial charge in [-0.15, -0.1) is 5.92 Å². The Morgan fingerprint density at radius 3 is 2.38 bits per heavy atom. The highest BCUT2D eigenvalue weighted by Gasteiger charge is 2.18. The van der Waals surface area contributed by atoms with Crippen LogP contribution in [-0.4, -0.2) is 31.1 Å². The Morgan fingerprint density at radius 1 is 1.38 bits per heavy atom. The molecule has 13 heavy (non-hydrogen) atoms. The van der Waals surface area contributed by atoms with Crippen LogP contribution in [0.2, 0.25) is 0 Å². The van der Waals surface area contributed by atoms with Gasteiger partial charge in [0, 0.05) is 6.54 Å². The average molecular weight is 182 g/mol. The smallest absolute Gasteiger partial charge is 0.0601 e. The molecule has 76 valence electrons. The molecule has 0 aliphatic carbocycles. The highest BCUT2D eigenvalue weighted by atomic mass is 15.1. The minimum atomic E-state index is 0.200. The summed E-state index contributed by atoms with van der Waals surface area (Å²) in [4.78, 5) is 2.32. The lowest BCUT2D eigenvalue weighted by Crippen LogP contribution is -2.38. The molecule has 0 aliphatic heterocycles. The molecule has 2 nitrogen and oxygen atoms in total. The summed E-state index contributed by atoms with van der Waals surface area (Å²) < 4.78 is 0. The molecular formula is C11H22N2. The van der Waals surface area contributed by atoms with Crippen molar-refractivity contribution in [3.05, 3.63) is 0 Å². The van der Waals surface area contributed by atoms with Gasteiger partial charge in [-0.3, -0.25) is 4.90 Å². The lowest BCUT2D eigenvalue weighted by Gasteiger charge is -2.29. The first-order chi connectivity index (χ1) is 6.05. The summed E-state index contributed by atoms with van der Waals surface area (Å²) >= 11 is 0. The zero-order valence-electron chi connectivity index (χ0n) is 9.35. The summed E-state index contributed by atoms with van der Waals surface area (Å²) in [6, 6.07) is 0. The molecule has 0 spiro atoms. The molecule has 0 saturated carbocycles. The molecule has 0 aliphatic rings. The molecule has 0 unspecified atom stereocenters. The van der Waals surface area contributed by atoms with Gasteiger partial charge in [-0.05, 0) is 25.4 Å². The Labute approximate surface area is 82.5 Å². The van der Waals surface area contributed by atoms with Crippen LogP contribution in [0, 0.1) is 17.3 Å². The van der Waals surface area contributed by atoms with E-state index in [4.69, 9.17) is 5.73 Å². The largest absolute Gasteiger partial charge is 0.330 e. The second-order valence-electron chi connectivity index (χ2n) is 4.10. The summed E-state index contributed by atoms with van der Waals surface area (Å²) in [6.07, 6.45) is 0. The Hall–Kier alpha value is -0.520. The van der Waals surface area contributed by atoms with Crippen molar-refractivity contribution in [2.75, 3.05) is 26.2 Å². The summed E-state index contributed by atoms with van der Waals surface area (Å²) in [5, 5.41) is 0. The zero-order valence-corrected chi connectivity index (χ0v) is 9.35. The van der Waals surface area contributed by atoms with Crippen molar-refractivity contribution in [2.45, 2.75) is 27.7 Å². The molecule has 2 heteroatoms. The number of hydrogen-bond acceptors (Lipinski definition) is 2. The number of rotatable bonds is 5. The monoisotopic (exact) mass is 182 g/mol. The van der Waals surface area contributed by atoms with Crippen LogP contribution in [0.4, 0.5) is 0 Å². The Balaban J connectivity index is 4.01. The van der Waals surface area contributed by atoms with Crippen molar-refractivity contribution in [3.8, 4) is 11.8 Å². The molecule has 0 atom stereocenters. The number of nitrogens with two attached hydrogens (primary N) is 1. The van der Waals surface area contributed by atoms with Gasteiger partial charge in [0.2, 0.25) is 0 Å². The molecule has 0 amide bonds. The Bertz CT molecular complexity index is 186. The third kappa shape index (κ3) is 5.68. The molecule has 2 N–H and O–H groups in total. The van der Waals surface area contributed by atoms with Gasteiger partial charge in [0.25, 0.3) is 0 Å². The second-order valence-corrected chi connectivity index (χ2v) is 4.10. The topological polar surface area (TPSA) is 29.3 Å². The van der Waals surface area contributed by atoms with Gasteiger partial charge in [0.05, 0.1) is 6.54 Å². The predicted octanol–water partition coefficient (Wildman–Crippen LogP) is 1.32. The van der Waals surface area contributed by atoms with Gasteiger partial charge in [-0.2, -0.15) is 0 Å². The SMILES string of the molecule is CC#CCN(CC)CC(C)(C)CN. The van der Waals surface area contributed by atoms with E-state index in [1.807, 2.05) is 6.92 Å². The lowest BCUT2D eigenvalue weighted by molar-refractivity contribution is 0.208. The van der Waals surface area contributed by atoms with Gasteiger partial charge >= 0.3 is 0 Å². The van der Waals surface area contributed by atoms with E-state index in [-0.39, 0.29) is 5.41 Å². The zero-order chi connectivity index (χ0) is 10.3. The van der Waals surface area contributed by atoms with E-state index in [9.17, 15) is 0 Å². The van der Waals surface area contributed by atoms with Crippen molar-refractivity contribution in [1.29, 1.82) is 0 Å². The van der Waals surface area contributed by atoms with Crippen molar-refractivity contribution >= 4 is 0 Å². The second kappa shape index (κ2) is 6.01. The summed E-state index contributed by atoms with van der Waals surface area (Å²) in [6.45, 7) is 12.1. The predicted molar refractivity (Wildman–Crippen MR) is 58.4 cm³/mol. The highest BCUT2D eigenvalue weighted by molar-refractivity contribution is 4.98. The first-order valence-electron chi connectivity index (χ1n) is 4.87. The van der Waals surface area contributed by atoms with Crippen LogP contribution in [0.15, 0.2) is 0 Å². The van der Waals surface area contributed by atoms with Crippen LogP contribution in [-0.2, 0) is 0 Å². The minimum Gasteiger partial charge on any atom is -0.330 e. The van der Waals surface area contributed by atoms with E-state index in [1.54, 1.807) is 0 Å². The Morgan fingerprint density at radius 2 is 2.00 bits per heavy atom. The molecule has 0 rings (SSSR count). The molecule has 0 aromatic heterocycles. The maximum absolute atomic E-state index is 5.68. The standard InChI is InChI=1S/C11H22N2/c1-5-7-8-13(6-2)10-11(3,4)9-12/h6,8-10,12H2,1-4H3. The van der Waals surface area contributed by atoms with Gasteiger partial charge < -0.3 is 5.73 Å². The molecule has 0 radical (unpaired) electrons. The fourth-order valence-corrected chi connectivity index (χ4v) is 1.14. The van der Waals surface area contributed by atoms with E-state index < -0.39 is 0 Å². The van der Waals surface area contributed by atoms with E-state index in [0.717, 1.165) is 26.2 Å². The van der Waals surface area contributed by atoms with Crippen molar-refractivity contribution in [1.82, 2.24) is 4.90 Å². The van der Waals surface area contributed by atoms with E-state index in [0.29, 0.717) is 0 Å². The minimum absolute atomic E-state index is 0.200. The van der Waals surface area contributed by atoms with Crippen molar-refractivity contribution in [2.24, 2.45) is 11.1 Å². The molecule has 0 bridgehead atoms. The average Bonchev–Trinajstić information content (AvgIpc) is 2.12. The summed E-state index contributed by atoms with van der Waals surface area (Å²) in [5.74, 6) is 5.99. The molecule has 0 fully saturated rings.